The van der Waals surface area contributed by atoms with Crippen LogP contribution in [-0.2, 0) is 5.60 Å². The van der Waals surface area contributed by atoms with Crippen molar-refractivity contribution in [1.82, 2.24) is 4.98 Å². The molecule has 1 aromatic heterocycles. The quantitative estimate of drug-likeness (QED) is 0.825. The van der Waals surface area contributed by atoms with Crippen molar-refractivity contribution >= 4 is 0 Å². The van der Waals surface area contributed by atoms with Crippen molar-refractivity contribution in [3.63, 3.8) is 0 Å². The van der Waals surface area contributed by atoms with Crippen LogP contribution in [0.2, 0.25) is 0 Å². The normalized spacial score (nSPS) is 25.4. The topological polar surface area (TPSA) is 33.1 Å². The Kier molecular flexibility index (Phi) is 2.89. The van der Waals surface area contributed by atoms with Gasteiger partial charge >= 0.3 is 0 Å². The standard InChI is InChI=1S/C15H20FNO/c16-13-11-17-10-3-12(13)15(18)8-6-14(7-9-15)4-1-2-5-14/h3,10-11,18H,1-2,4-9H2. The third-order valence-electron chi connectivity index (χ3n) is 5.08. The summed E-state index contributed by atoms with van der Waals surface area (Å²) in [5.74, 6) is -0.373. The van der Waals surface area contributed by atoms with Gasteiger partial charge in [-0.25, -0.2) is 4.39 Å². The smallest absolute Gasteiger partial charge is 0.147 e. The third-order valence-corrected chi connectivity index (χ3v) is 5.08. The molecule has 3 heteroatoms. The number of aliphatic hydroxyl groups is 1. The van der Waals surface area contributed by atoms with Crippen LogP contribution in [0.25, 0.3) is 0 Å². The lowest BCUT2D eigenvalue weighted by molar-refractivity contribution is -0.0401. The van der Waals surface area contributed by atoms with Gasteiger partial charge in [-0.2, -0.15) is 0 Å². The zero-order valence-electron chi connectivity index (χ0n) is 10.7. The first-order valence-corrected chi connectivity index (χ1v) is 6.96. The molecular weight excluding hydrogens is 229 g/mol. The second-order valence-corrected chi connectivity index (χ2v) is 6.09. The summed E-state index contributed by atoms with van der Waals surface area (Å²) in [5, 5.41) is 10.7. The molecule has 1 spiro atoms. The third kappa shape index (κ3) is 1.95. The molecule has 1 aromatic rings. The van der Waals surface area contributed by atoms with E-state index in [1.165, 1.54) is 31.9 Å². The fourth-order valence-corrected chi connectivity index (χ4v) is 3.84. The average molecular weight is 249 g/mol. The van der Waals surface area contributed by atoms with E-state index in [1.54, 1.807) is 12.3 Å². The number of aromatic nitrogens is 1. The van der Waals surface area contributed by atoms with Crippen molar-refractivity contribution in [3.05, 3.63) is 29.8 Å². The first kappa shape index (κ1) is 12.1. The second-order valence-electron chi connectivity index (χ2n) is 6.09. The van der Waals surface area contributed by atoms with Crippen molar-refractivity contribution in [2.45, 2.75) is 57.0 Å². The lowest BCUT2D eigenvalue weighted by atomic mass is 9.66. The molecule has 1 heterocycles. The summed E-state index contributed by atoms with van der Waals surface area (Å²) >= 11 is 0. The average Bonchev–Trinajstić information content (AvgIpc) is 2.83. The molecule has 2 aliphatic carbocycles. The van der Waals surface area contributed by atoms with Crippen molar-refractivity contribution < 1.29 is 9.50 Å². The molecule has 0 radical (unpaired) electrons. The Morgan fingerprint density at radius 2 is 1.72 bits per heavy atom. The van der Waals surface area contributed by atoms with E-state index in [0.717, 1.165) is 12.8 Å². The van der Waals surface area contributed by atoms with Crippen LogP contribution in [0.4, 0.5) is 4.39 Å². The van der Waals surface area contributed by atoms with Crippen LogP contribution in [0.5, 0.6) is 0 Å². The minimum atomic E-state index is -0.971. The highest BCUT2D eigenvalue weighted by molar-refractivity contribution is 5.22. The molecular formula is C15H20FNO. The van der Waals surface area contributed by atoms with Gasteiger partial charge in [-0.15, -0.1) is 0 Å². The van der Waals surface area contributed by atoms with Gasteiger partial charge in [0.05, 0.1) is 11.8 Å². The van der Waals surface area contributed by atoms with Crippen LogP contribution in [0.3, 0.4) is 0 Å². The van der Waals surface area contributed by atoms with E-state index in [0.29, 0.717) is 23.8 Å². The minimum Gasteiger partial charge on any atom is -0.385 e. The molecule has 1 N–H and O–H groups in total. The first-order valence-electron chi connectivity index (χ1n) is 6.96. The molecule has 3 rings (SSSR count). The second kappa shape index (κ2) is 4.30. The van der Waals surface area contributed by atoms with Gasteiger partial charge < -0.3 is 5.11 Å². The number of pyridine rings is 1. The van der Waals surface area contributed by atoms with E-state index >= 15 is 0 Å². The molecule has 2 aliphatic rings. The van der Waals surface area contributed by atoms with E-state index in [4.69, 9.17) is 0 Å². The molecule has 0 bridgehead atoms. The van der Waals surface area contributed by atoms with E-state index in [1.807, 2.05) is 0 Å². The predicted octanol–water partition coefficient (Wildman–Crippen LogP) is 3.54. The van der Waals surface area contributed by atoms with E-state index < -0.39 is 5.60 Å². The Hall–Kier alpha value is -0.960. The lowest BCUT2D eigenvalue weighted by Gasteiger charge is -2.42. The van der Waals surface area contributed by atoms with Gasteiger partial charge in [-0.3, -0.25) is 4.98 Å². The Morgan fingerprint density at radius 1 is 1.06 bits per heavy atom. The molecule has 18 heavy (non-hydrogen) atoms. The molecule has 0 aliphatic heterocycles. The molecule has 2 nitrogen and oxygen atoms in total. The van der Waals surface area contributed by atoms with Crippen molar-refractivity contribution in [1.29, 1.82) is 0 Å². The summed E-state index contributed by atoms with van der Waals surface area (Å²) in [4.78, 5) is 3.76. The van der Waals surface area contributed by atoms with E-state index in [2.05, 4.69) is 4.98 Å². The summed E-state index contributed by atoms with van der Waals surface area (Å²) in [6, 6.07) is 1.63. The molecule has 2 saturated carbocycles. The Labute approximate surface area is 107 Å². The molecule has 98 valence electrons. The zero-order valence-corrected chi connectivity index (χ0v) is 10.7. The maximum absolute atomic E-state index is 13.8. The highest BCUT2D eigenvalue weighted by Crippen LogP contribution is 2.53. The maximum atomic E-state index is 13.8. The predicted molar refractivity (Wildman–Crippen MR) is 67.5 cm³/mol. The number of halogens is 1. The number of hydrogen-bond acceptors (Lipinski definition) is 2. The van der Waals surface area contributed by atoms with Gasteiger partial charge in [0, 0.05) is 11.8 Å². The van der Waals surface area contributed by atoms with Crippen LogP contribution in [0.15, 0.2) is 18.5 Å². The summed E-state index contributed by atoms with van der Waals surface area (Å²) < 4.78 is 13.8. The van der Waals surface area contributed by atoms with Gasteiger partial charge in [0.2, 0.25) is 0 Å². The summed E-state index contributed by atoms with van der Waals surface area (Å²) in [6.07, 6.45) is 11.4. The van der Waals surface area contributed by atoms with Gasteiger partial charge in [0.15, 0.2) is 0 Å². The van der Waals surface area contributed by atoms with E-state index in [9.17, 15) is 9.50 Å². The molecule has 0 amide bonds. The molecule has 0 unspecified atom stereocenters. The highest BCUT2D eigenvalue weighted by atomic mass is 19.1. The van der Waals surface area contributed by atoms with Crippen LogP contribution in [0.1, 0.15) is 56.9 Å². The number of nitrogens with zero attached hydrogens (tertiary/aromatic N) is 1. The van der Waals surface area contributed by atoms with Crippen molar-refractivity contribution in [3.8, 4) is 0 Å². The summed E-state index contributed by atoms with van der Waals surface area (Å²) in [7, 11) is 0. The number of hydrogen-bond donors (Lipinski definition) is 1. The fourth-order valence-electron chi connectivity index (χ4n) is 3.84. The van der Waals surface area contributed by atoms with Gasteiger partial charge in [0.25, 0.3) is 0 Å². The molecule has 2 fully saturated rings. The minimum absolute atomic E-state index is 0.373. The van der Waals surface area contributed by atoms with Crippen LogP contribution in [0, 0.1) is 11.2 Å². The first-order chi connectivity index (χ1) is 8.64. The Bertz CT molecular complexity index is 430. The summed E-state index contributed by atoms with van der Waals surface area (Å²) in [6.45, 7) is 0. The van der Waals surface area contributed by atoms with Gasteiger partial charge in [-0.1, -0.05) is 12.8 Å². The van der Waals surface area contributed by atoms with Crippen LogP contribution < -0.4 is 0 Å². The molecule has 0 atom stereocenters. The Morgan fingerprint density at radius 3 is 2.33 bits per heavy atom. The fraction of sp³-hybridized carbons (Fsp3) is 0.667. The van der Waals surface area contributed by atoms with Crippen LogP contribution in [-0.4, -0.2) is 10.1 Å². The monoisotopic (exact) mass is 249 g/mol. The maximum Gasteiger partial charge on any atom is 0.147 e. The zero-order chi connectivity index (χ0) is 12.6. The van der Waals surface area contributed by atoms with Gasteiger partial charge in [-0.05, 0) is 50.0 Å². The Balaban J connectivity index is 1.80. The molecule has 0 saturated heterocycles. The highest BCUT2D eigenvalue weighted by Gasteiger charge is 2.44. The van der Waals surface area contributed by atoms with E-state index in [-0.39, 0.29) is 5.82 Å². The van der Waals surface area contributed by atoms with Crippen molar-refractivity contribution in [2.24, 2.45) is 5.41 Å². The molecule has 0 aromatic carbocycles. The largest absolute Gasteiger partial charge is 0.385 e. The summed E-state index contributed by atoms with van der Waals surface area (Å²) in [5.41, 5.74) is -0.0818. The SMILES string of the molecule is OC1(c2ccncc2F)CCC2(CCCC2)CC1. The van der Waals surface area contributed by atoms with Crippen molar-refractivity contribution in [2.75, 3.05) is 0 Å². The lowest BCUT2D eigenvalue weighted by Crippen LogP contribution is -2.36. The number of rotatable bonds is 1. The van der Waals surface area contributed by atoms with Crippen LogP contribution >= 0.6 is 0 Å². The van der Waals surface area contributed by atoms with Gasteiger partial charge in [0.1, 0.15) is 5.82 Å².